The Bertz CT molecular complexity index is 485. The van der Waals surface area contributed by atoms with Crippen LogP contribution in [-0.2, 0) is 6.42 Å². The molecular weight excluding hydrogens is 275 g/mol. The molecule has 2 rings (SSSR count). The van der Waals surface area contributed by atoms with Gasteiger partial charge in [0.1, 0.15) is 0 Å². The summed E-state index contributed by atoms with van der Waals surface area (Å²) in [5, 5.41) is 5.28. The molecule has 3 N–H and O–H groups in total. The molecule has 0 bridgehead atoms. The van der Waals surface area contributed by atoms with Gasteiger partial charge in [0, 0.05) is 0 Å². The van der Waals surface area contributed by atoms with E-state index in [9.17, 15) is 0 Å². The Kier molecular flexibility index (Phi) is 4.42. The smallest absolute Gasteiger partial charge is 0.0624 e. The average molecular weight is 287 g/mol. The zero-order valence-corrected chi connectivity index (χ0v) is 11.3. The first-order chi connectivity index (χ1) is 8.22. The summed E-state index contributed by atoms with van der Waals surface area (Å²) < 4.78 is 0. The fourth-order valence-corrected chi connectivity index (χ4v) is 2.78. The summed E-state index contributed by atoms with van der Waals surface area (Å²) >= 11 is 13.8. The largest absolute Gasteiger partial charge is 0.271 e. The predicted octanol–water partition coefficient (Wildman–Crippen LogP) is 3.80. The molecule has 0 aliphatic rings. The summed E-state index contributed by atoms with van der Waals surface area (Å²) in [6, 6.07) is 7.74. The summed E-state index contributed by atoms with van der Waals surface area (Å²) in [7, 11) is 0. The predicted molar refractivity (Wildman–Crippen MR) is 74.5 cm³/mol. The summed E-state index contributed by atoms with van der Waals surface area (Å²) in [5.74, 6) is 5.58. The van der Waals surface area contributed by atoms with Gasteiger partial charge in [-0.15, -0.1) is 0 Å². The zero-order valence-electron chi connectivity index (χ0n) is 8.99. The van der Waals surface area contributed by atoms with Crippen LogP contribution in [0.15, 0.2) is 35.0 Å². The summed E-state index contributed by atoms with van der Waals surface area (Å²) in [5.41, 5.74) is 4.96. The number of halogens is 2. The Hall–Kier alpha value is -0.580. The van der Waals surface area contributed by atoms with Crippen LogP contribution in [0.5, 0.6) is 0 Å². The van der Waals surface area contributed by atoms with Crippen molar-refractivity contribution in [3.8, 4) is 0 Å². The van der Waals surface area contributed by atoms with Gasteiger partial charge in [-0.25, -0.2) is 0 Å². The Morgan fingerprint density at radius 1 is 1.29 bits per heavy atom. The van der Waals surface area contributed by atoms with Gasteiger partial charge in [-0.1, -0.05) is 35.3 Å². The van der Waals surface area contributed by atoms with E-state index in [1.807, 2.05) is 23.6 Å². The lowest BCUT2D eigenvalue weighted by atomic mass is 10.0. The van der Waals surface area contributed by atoms with E-state index in [4.69, 9.17) is 29.0 Å². The third-order valence-electron chi connectivity index (χ3n) is 2.60. The minimum atomic E-state index is 0.0530. The summed E-state index contributed by atoms with van der Waals surface area (Å²) in [6.07, 6.45) is 0.715. The lowest BCUT2D eigenvalue weighted by molar-refractivity contribution is 0.553. The summed E-state index contributed by atoms with van der Waals surface area (Å²) in [6.45, 7) is 0. The van der Waals surface area contributed by atoms with E-state index in [0.29, 0.717) is 16.5 Å². The Balaban J connectivity index is 2.22. The molecule has 0 spiro atoms. The van der Waals surface area contributed by atoms with Crippen molar-refractivity contribution in [3.05, 3.63) is 56.2 Å². The van der Waals surface area contributed by atoms with Gasteiger partial charge >= 0.3 is 0 Å². The van der Waals surface area contributed by atoms with Crippen molar-refractivity contribution in [2.24, 2.45) is 5.84 Å². The van der Waals surface area contributed by atoms with Crippen LogP contribution in [0, 0.1) is 0 Å². The second-order valence-corrected chi connectivity index (χ2v) is 5.26. The van der Waals surface area contributed by atoms with Gasteiger partial charge in [0.15, 0.2) is 0 Å². The molecule has 0 fully saturated rings. The lowest BCUT2D eigenvalue weighted by Gasteiger charge is -2.15. The van der Waals surface area contributed by atoms with Gasteiger partial charge in [0.2, 0.25) is 0 Å². The van der Waals surface area contributed by atoms with E-state index in [2.05, 4.69) is 10.8 Å². The molecule has 90 valence electrons. The Morgan fingerprint density at radius 2 is 2.12 bits per heavy atom. The Morgan fingerprint density at radius 3 is 2.76 bits per heavy atom. The first-order valence-corrected chi connectivity index (χ1v) is 6.83. The second kappa shape index (κ2) is 5.85. The van der Waals surface area contributed by atoms with E-state index in [1.165, 1.54) is 0 Å². The van der Waals surface area contributed by atoms with Gasteiger partial charge in [0.25, 0.3) is 0 Å². The average Bonchev–Trinajstić information content (AvgIpc) is 2.85. The molecule has 0 saturated carbocycles. The maximum Gasteiger partial charge on any atom is 0.0624 e. The standard InChI is InChI=1S/C12H12Cl2N2S/c13-10-3-1-2-8(12(10)14)6-11(16-15)9-4-5-17-7-9/h1-5,7,11,16H,6,15H2. The van der Waals surface area contributed by atoms with Crippen LogP contribution in [0.25, 0.3) is 0 Å². The third kappa shape index (κ3) is 3.00. The minimum absolute atomic E-state index is 0.0530. The summed E-state index contributed by atoms with van der Waals surface area (Å²) in [4.78, 5) is 0. The van der Waals surface area contributed by atoms with Crippen LogP contribution in [-0.4, -0.2) is 0 Å². The molecule has 1 aromatic carbocycles. The molecule has 0 aliphatic heterocycles. The van der Waals surface area contributed by atoms with Gasteiger partial charge in [-0.2, -0.15) is 11.3 Å². The minimum Gasteiger partial charge on any atom is -0.271 e. The highest BCUT2D eigenvalue weighted by atomic mass is 35.5. The number of nitrogens with two attached hydrogens (primary N) is 1. The lowest BCUT2D eigenvalue weighted by Crippen LogP contribution is -2.29. The number of benzene rings is 1. The van der Waals surface area contributed by atoms with E-state index >= 15 is 0 Å². The van der Waals surface area contributed by atoms with Gasteiger partial charge in [0.05, 0.1) is 16.1 Å². The molecule has 1 unspecified atom stereocenters. The van der Waals surface area contributed by atoms with Crippen molar-refractivity contribution in [1.82, 2.24) is 5.43 Å². The van der Waals surface area contributed by atoms with Gasteiger partial charge < -0.3 is 0 Å². The molecule has 2 nitrogen and oxygen atoms in total. The molecule has 5 heteroatoms. The number of hydrazine groups is 1. The highest BCUT2D eigenvalue weighted by Crippen LogP contribution is 2.29. The molecule has 0 radical (unpaired) electrons. The monoisotopic (exact) mass is 286 g/mol. The van der Waals surface area contributed by atoms with Crippen LogP contribution in [0.4, 0.5) is 0 Å². The van der Waals surface area contributed by atoms with Crippen molar-refractivity contribution >= 4 is 34.5 Å². The van der Waals surface area contributed by atoms with E-state index in [-0.39, 0.29) is 6.04 Å². The molecule has 0 amide bonds. The molecular formula is C12H12Cl2N2S. The van der Waals surface area contributed by atoms with Crippen molar-refractivity contribution < 1.29 is 0 Å². The van der Waals surface area contributed by atoms with Crippen molar-refractivity contribution in [3.63, 3.8) is 0 Å². The van der Waals surface area contributed by atoms with E-state index < -0.39 is 0 Å². The molecule has 1 heterocycles. The van der Waals surface area contributed by atoms with Crippen LogP contribution in [0.3, 0.4) is 0 Å². The van der Waals surface area contributed by atoms with Gasteiger partial charge in [-0.3, -0.25) is 11.3 Å². The number of thiophene rings is 1. The van der Waals surface area contributed by atoms with Gasteiger partial charge in [-0.05, 0) is 40.4 Å². The maximum atomic E-state index is 6.16. The molecule has 17 heavy (non-hydrogen) atoms. The topological polar surface area (TPSA) is 38.0 Å². The third-order valence-corrected chi connectivity index (χ3v) is 4.16. The molecule has 2 aromatic rings. The van der Waals surface area contributed by atoms with Crippen LogP contribution < -0.4 is 11.3 Å². The molecule has 0 aliphatic carbocycles. The van der Waals surface area contributed by atoms with E-state index in [0.717, 1.165) is 11.1 Å². The number of nitrogens with one attached hydrogen (secondary N) is 1. The fraction of sp³-hybridized carbons (Fsp3) is 0.167. The van der Waals surface area contributed by atoms with Crippen LogP contribution >= 0.6 is 34.5 Å². The fourth-order valence-electron chi connectivity index (χ4n) is 1.67. The number of rotatable bonds is 4. The van der Waals surface area contributed by atoms with Crippen molar-refractivity contribution in [1.29, 1.82) is 0 Å². The Labute approximate surface area is 114 Å². The first kappa shape index (κ1) is 12.9. The number of hydrogen-bond donors (Lipinski definition) is 2. The van der Waals surface area contributed by atoms with Crippen molar-refractivity contribution in [2.75, 3.05) is 0 Å². The quantitative estimate of drug-likeness (QED) is 0.663. The van der Waals surface area contributed by atoms with E-state index in [1.54, 1.807) is 17.4 Å². The molecule has 1 atom stereocenters. The molecule has 0 saturated heterocycles. The number of hydrogen-bond acceptors (Lipinski definition) is 3. The van der Waals surface area contributed by atoms with Crippen LogP contribution in [0.2, 0.25) is 10.0 Å². The normalized spacial score (nSPS) is 12.6. The maximum absolute atomic E-state index is 6.16. The highest BCUT2D eigenvalue weighted by Gasteiger charge is 2.13. The second-order valence-electron chi connectivity index (χ2n) is 3.69. The SMILES string of the molecule is NNC(Cc1cccc(Cl)c1Cl)c1ccsc1. The molecule has 1 aromatic heterocycles. The van der Waals surface area contributed by atoms with Crippen molar-refractivity contribution in [2.45, 2.75) is 12.5 Å². The van der Waals surface area contributed by atoms with Crippen LogP contribution in [0.1, 0.15) is 17.2 Å². The first-order valence-electron chi connectivity index (χ1n) is 5.13. The highest BCUT2D eigenvalue weighted by molar-refractivity contribution is 7.07. The zero-order chi connectivity index (χ0) is 12.3.